The number of aromatic hydroxyl groups is 1. The summed E-state index contributed by atoms with van der Waals surface area (Å²) in [6.07, 6.45) is 0. The van der Waals surface area contributed by atoms with Gasteiger partial charge in [0.15, 0.2) is 0 Å². The first kappa shape index (κ1) is 14.5. The van der Waals surface area contributed by atoms with Crippen LogP contribution in [-0.2, 0) is 9.47 Å². The number of benzene rings is 1. The fourth-order valence-corrected chi connectivity index (χ4v) is 2.33. The number of phenols is 1. The van der Waals surface area contributed by atoms with E-state index in [1.54, 1.807) is 12.1 Å². The zero-order valence-electron chi connectivity index (χ0n) is 10.5. The number of morpholine rings is 1. The average Bonchev–Trinajstić information content (AvgIpc) is 2.42. The first-order valence-electron chi connectivity index (χ1n) is 6.12. The molecule has 0 unspecified atom stereocenters. The number of hydrogen-bond acceptors (Lipinski definition) is 5. The van der Waals surface area contributed by atoms with Crippen molar-refractivity contribution in [3.05, 3.63) is 27.3 Å². The summed E-state index contributed by atoms with van der Waals surface area (Å²) in [5.41, 5.74) is 0.217. The fraction of sp³-hybridized carbons (Fsp3) is 0.462. The fourth-order valence-electron chi connectivity index (χ4n) is 1.84. The van der Waals surface area contributed by atoms with Crippen molar-refractivity contribution >= 4 is 28.6 Å². The summed E-state index contributed by atoms with van der Waals surface area (Å²) in [7, 11) is 0. The van der Waals surface area contributed by atoms with E-state index in [9.17, 15) is 9.90 Å². The molecule has 0 amide bonds. The zero-order chi connectivity index (χ0) is 13.7. The second kappa shape index (κ2) is 7.06. The Kier molecular flexibility index (Phi) is 5.41. The lowest BCUT2D eigenvalue weighted by atomic mass is 10.2. The van der Waals surface area contributed by atoms with E-state index in [1.165, 1.54) is 6.07 Å². The second-order valence-electron chi connectivity index (χ2n) is 4.25. The van der Waals surface area contributed by atoms with E-state index < -0.39 is 5.97 Å². The lowest BCUT2D eigenvalue weighted by Crippen LogP contribution is -2.38. The Hall–Kier alpha value is -0.860. The first-order chi connectivity index (χ1) is 9.16. The molecule has 104 valence electrons. The van der Waals surface area contributed by atoms with E-state index in [0.717, 1.165) is 29.9 Å². The number of halogens is 1. The molecule has 1 aliphatic rings. The van der Waals surface area contributed by atoms with Gasteiger partial charge in [-0.25, -0.2) is 4.79 Å². The number of nitrogens with zero attached hydrogens (tertiary/aromatic N) is 1. The predicted molar refractivity (Wildman–Crippen MR) is 78.4 cm³/mol. The Morgan fingerprint density at radius 2 is 2.16 bits per heavy atom. The summed E-state index contributed by atoms with van der Waals surface area (Å²) in [5, 5.41) is 9.62. The maximum atomic E-state index is 11.8. The quantitative estimate of drug-likeness (QED) is 0.637. The van der Waals surface area contributed by atoms with Crippen molar-refractivity contribution in [2.75, 3.05) is 39.5 Å². The van der Waals surface area contributed by atoms with Crippen LogP contribution < -0.4 is 0 Å². The molecule has 19 heavy (non-hydrogen) atoms. The van der Waals surface area contributed by atoms with Gasteiger partial charge >= 0.3 is 5.97 Å². The van der Waals surface area contributed by atoms with Crippen LogP contribution in [0.15, 0.2) is 18.2 Å². The number of esters is 1. The Morgan fingerprint density at radius 1 is 1.42 bits per heavy atom. The van der Waals surface area contributed by atoms with Crippen LogP contribution in [0, 0.1) is 3.57 Å². The third kappa shape index (κ3) is 4.32. The van der Waals surface area contributed by atoms with E-state index in [-0.39, 0.29) is 11.3 Å². The summed E-state index contributed by atoms with van der Waals surface area (Å²) in [6.45, 7) is 4.21. The molecular formula is C13H16INO4. The van der Waals surface area contributed by atoms with Crippen molar-refractivity contribution in [1.82, 2.24) is 4.90 Å². The molecule has 0 bridgehead atoms. The lowest BCUT2D eigenvalue weighted by molar-refractivity contribution is 0.0194. The second-order valence-corrected chi connectivity index (χ2v) is 5.50. The number of carbonyl (C=O) groups is 1. The van der Waals surface area contributed by atoms with Gasteiger partial charge in [0.25, 0.3) is 0 Å². The molecule has 0 radical (unpaired) electrons. The highest BCUT2D eigenvalue weighted by Crippen LogP contribution is 2.20. The Bertz CT molecular complexity index is 446. The standard InChI is InChI=1S/C13H16INO4/c14-10-1-2-12(16)11(9-10)13(17)19-8-5-15-3-6-18-7-4-15/h1-2,9,16H,3-8H2. The van der Waals surface area contributed by atoms with Crippen molar-refractivity contribution in [3.8, 4) is 5.75 Å². The number of hydrogen-bond donors (Lipinski definition) is 1. The molecule has 0 saturated carbocycles. The van der Waals surface area contributed by atoms with E-state index in [0.29, 0.717) is 13.2 Å². The molecule has 5 nitrogen and oxygen atoms in total. The number of ether oxygens (including phenoxy) is 2. The molecule has 0 aromatic heterocycles. The first-order valence-corrected chi connectivity index (χ1v) is 7.20. The maximum absolute atomic E-state index is 11.8. The van der Waals surface area contributed by atoms with Crippen LogP contribution in [0.5, 0.6) is 5.75 Å². The van der Waals surface area contributed by atoms with Crippen LogP contribution in [0.1, 0.15) is 10.4 Å². The highest BCUT2D eigenvalue weighted by molar-refractivity contribution is 14.1. The van der Waals surface area contributed by atoms with E-state index in [4.69, 9.17) is 9.47 Å². The Labute approximate surface area is 125 Å². The molecule has 1 aromatic rings. The molecule has 1 aliphatic heterocycles. The smallest absolute Gasteiger partial charge is 0.341 e. The third-order valence-corrected chi connectivity index (χ3v) is 3.59. The summed E-state index contributed by atoms with van der Waals surface area (Å²) in [5.74, 6) is -0.527. The molecule has 0 aliphatic carbocycles. The minimum absolute atomic E-state index is 0.0446. The number of carbonyl (C=O) groups excluding carboxylic acids is 1. The van der Waals surface area contributed by atoms with Crippen LogP contribution in [0.4, 0.5) is 0 Å². The van der Waals surface area contributed by atoms with Crippen molar-refractivity contribution in [2.24, 2.45) is 0 Å². The minimum Gasteiger partial charge on any atom is -0.507 e. The van der Waals surface area contributed by atoms with E-state index in [1.807, 2.05) is 0 Å². The maximum Gasteiger partial charge on any atom is 0.341 e. The Balaban J connectivity index is 1.82. The molecule has 1 heterocycles. The van der Waals surface area contributed by atoms with E-state index >= 15 is 0 Å². The van der Waals surface area contributed by atoms with Gasteiger partial charge in [0.2, 0.25) is 0 Å². The van der Waals surface area contributed by atoms with Gasteiger partial charge in [-0.15, -0.1) is 0 Å². The van der Waals surface area contributed by atoms with Gasteiger partial charge < -0.3 is 14.6 Å². The van der Waals surface area contributed by atoms with Crippen molar-refractivity contribution in [2.45, 2.75) is 0 Å². The molecule has 2 rings (SSSR count). The Morgan fingerprint density at radius 3 is 2.89 bits per heavy atom. The number of rotatable bonds is 4. The van der Waals surface area contributed by atoms with Gasteiger partial charge in [0.05, 0.1) is 13.2 Å². The molecular weight excluding hydrogens is 361 g/mol. The molecule has 0 atom stereocenters. The highest BCUT2D eigenvalue weighted by Gasteiger charge is 2.14. The molecule has 1 fully saturated rings. The topological polar surface area (TPSA) is 59.0 Å². The van der Waals surface area contributed by atoms with Gasteiger partial charge in [-0.1, -0.05) is 0 Å². The largest absolute Gasteiger partial charge is 0.507 e. The van der Waals surface area contributed by atoms with Gasteiger partial charge in [-0.3, -0.25) is 4.90 Å². The SMILES string of the molecule is O=C(OCCN1CCOCC1)c1cc(I)ccc1O. The van der Waals surface area contributed by atoms with Crippen LogP contribution in [-0.4, -0.2) is 55.4 Å². The van der Waals surface area contributed by atoms with Crippen LogP contribution >= 0.6 is 22.6 Å². The van der Waals surface area contributed by atoms with Gasteiger partial charge in [-0.2, -0.15) is 0 Å². The third-order valence-electron chi connectivity index (χ3n) is 2.92. The monoisotopic (exact) mass is 377 g/mol. The lowest BCUT2D eigenvalue weighted by Gasteiger charge is -2.26. The highest BCUT2D eigenvalue weighted by atomic mass is 127. The normalized spacial score (nSPS) is 16.3. The minimum atomic E-state index is -0.482. The summed E-state index contributed by atoms with van der Waals surface area (Å²) < 4.78 is 11.3. The van der Waals surface area contributed by atoms with Gasteiger partial charge in [0, 0.05) is 23.2 Å². The van der Waals surface area contributed by atoms with E-state index in [2.05, 4.69) is 27.5 Å². The van der Waals surface area contributed by atoms with Crippen LogP contribution in [0.25, 0.3) is 0 Å². The molecule has 0 spiro atoms. The number of phenolic OH excluding ortho intramolecular Hbond substituents is 1. The molecule has 6 heteroatoms. The van der Waals surface area contributed by atoms with Crippen LogP contribution in [0.3, 0.4) is 0 Å². The van der Waals surface area contributed by atoms with Crippen LogP contribution in [0.2, 0.25) is 0 Å². The average molecular weight is 377 g/mol. The van der Waals surface area contributed by atoms with Crippen molar-refractivity contribution < 1.29 is 19.4 Å². The predicted octanol–water partition coefficient (Wildman–Crippen LogP) is 1.49. The molecule has 1 saturated heterocycles. The summed E-state index contributed by atoms with van der Waals surface area (Å²) >= 11 is 2.09. The van der Waals surface area contributed by atoms with Crippen molar-refractivity contribution in [3.63, 3.8) is 0 Å². The molecule has 1 aromatic carbocycles. The molecule has 1 N–H and O–H groups in total. The van der Waals surface area contributed by atoms with Crippen molar-refractivity contribution in [1.29, 1.82) is 0 Å². The summed E-state index contributed by atoms with van der Waals surface area (Å²) in [4.78, 5) is 14.0. The zero-order valence-corrected chi connectivity index (χ0v) is 12.6. The summed E-state index contributed by atoms with van der Waals surface area (Å²) in [6, 6.07) is 4.85. The van der Waals surface area contributed by atoms with Gasteiger partial charge in [0.1, 0.15) is 17.9 Å². The van der Waals surface area contributed by atoms with Gasteiger partial charge in [-0.05, 0) is 40.8 Å².